The maximum absolute atomic E-state index is 9.64. The Morgan fingerprint density at radius 2 is 1.77 bits per heavy atom. The van der Waals surface area contributed by atoms with Gasteiger partial charge in [0, 0.05) is 18.3 Å². The van der Waals surface area contributed by atoms with Gasteiger partial charge in [-0.1, -0.05) is 54.6 Å². The lowest BCUT2D eigenvalue weighted by Gasteiger charge is -2.21. The summed E-state index contributed by atoms with van der Waals surface area (Å²) >= 11 is 0. The molecule has 0 bridgehead atoms. The van der Waals surface area contributed by atoms with Crippen LogP contribution in [0.4, 0.5) is 5.69 Å². The number of aromatic nitrogens is 2. The van der Waals surface area contributed by atoms with Crippen LogP contribution in [0.15, 0.2) is 85.3 Å². The molecule has 0 amide bonds. The zero-order valence-corrected chi connectivity index (χ0v) is 17.2. The first kappa shape index (κ1) is 19.5. The summed E-state index contributed by atoms with van der Waals surface area (Å²) in [5.41, 5.74) is 7.20. The van der Waals surface area contributed by atoms with Gasteiger partial charge in [-0.2, -0.15) is 5.26 Å². The molecule has 0 saturated heterocycles. The highest BCUT2D eigenvalue weighted by Gasteiger charge is 2.17. The first-order chi connectivity index (χ1) is 14.7. The van der Waals surface area contributed by atoms with Crippen molar-refractivity contribution < 1.29 is 0 Å². The Morgan fingerprint density at radius 1 is 1.00 bits per heavy atom. The number of nitriles is 1. The Hall–Kier alpha value is -3.84. The zero-order chi connectivity index (χ0) is 20.9. The second-order valence-corrected chi connectivity index (χ2v) is 7.50. The van der Waals surface area contributed by atoms with Crippen LogP contribution in [-0.4, -0.2) is 9.55 Å². The first-order valence-electron chi connectivity index (χ1n) is 10.0. The van der Waals surface area contributed by atoms with Crippen molar-refractivity contribution in [2.24, 2.45) is 7.05 Å². The van der Waals surface area contributed by atoms with E-state index in [0.717, 1.165) is 34.5 Å². The van der Waals surface area contributed by atoms with E-state index < -0.39 is 0 Å². The highest BCUT2D eigenvalue weighted by atomic mass is 15.1. The highest BCUT2D eigenvalue weighted by molar-refractivity contribution is 5.76. The number of aryl methyl sites for hydroxylation is 2. The number of nitrogens with zero attached hydrogens (tertiary/aromatic N) is 3. The van der Waals surface area contributed by atoms with Crippen molar-refractivity contribution >= 4 is 5.69 Å². The fourth-order valence-electron chi connectivity index (χ4n) is 3.81. The minimum atomic E-state index is 0.0533. The quantitative estimate of drug-likeness (QED) is 0.460. The number of anilines is 1. The maximum atomic E-state index is 9.64. The van der Waals surface area contributed by atoms with E-state index in [1.54, 1.807) is 0 Å². The molecule has 4 aromatic rings. The third-order valence-electron chi connectivity index (χ3n) is 5.41. The molecule has 4 nitrogen and oxygen atoms in total. The van der Waals surface area contributed by atoms with Crippen molar-refractivity contribution in [1.82, 2.24) is 9.55 Å². The molecule has 4 rings (SSSR count). The number of benzene rings is 3. The summed E-state index contributed by atoms with van der Waals surface area (Å²) in [6.45, 7) is 2.07. The third-order valence-corrected chi connectivity index (χ3v) is 5.41. The van der Waals surface area contributed by atoms with Crippen LogP contribution in [0.2, 0.25) is 0 Å². The highest BCUT2D eigenvalue weighted by Crippen LogP contribution is 2.31. The Kier molecular flexibility index (Phi) is 5.63. The molecule has 1 aromatic heterocycles. The maximum Gasteiger partial charge on any atom is 0.0998 e. The predicted molar refractivity (Wildman–Crippen MR) is 121 cm³/mol. The van der Waals surface area contributed by atoms with Crippen molar-refractivity contribution in [3.05, 3.63) is 108 Å². The first-order valence-corrected chi connectivity index (χ1v) is 10.0. The largest absolute Gasteiger partial charge is 0.376 e. The molecule has 0 aliphatic carbocycles. The molecular weight excluding hydrogens is 368 g/mol. The van der Waals surface area contributed by atoms with E-state index in [0.29, 0.717) is 5.56 Å². The van der Waals surface area contributed by atoms with E-state index in [2.05, 4.69) is 65.8 Å². The lowest BCUT2D eigenvalue weighted by Crippen LogP contribution is -2.16. The molecule has 4 heteroatoms. The Bertz CT molecular complexity index is 1190. The summed E-state index contributed by atoms with van der Waals surface area (Å²) in [4.78, 5) is 4.31. The smallest absolute Gasteiger partial charge is 0.0998 e. The van der Waals surface area contributed by atoms with Crippen LogP contribution in [0, 0.1) is 18.3 Å². The van der Waals surface area contributed by atoms with E-state index in [-0.39, 0.29) is 6.04 Å². The van der Waals surface area contributed by atoms with Gasteiger partial charge in [-0.25, -0.2) is 4.98 Å². The molecular formula is C26H24N4. The van der Waals surface area contributed by atoms with Gasteiger partial charge in [-0.05, 0) is 48.2 Å². The Balaban J connectivity index is 1.71. The molecule has 1 unspecified atom stereocenters. The van der Waals surface area contributed by atoms with Crippen LogP contribution in [0.3, 0.4) is 0 Å². The minimum Gasteiger partial charge on any atom is -0.376 e. The van der Waals surface area contributed by atoms with E-state index in [1.807, 2.05) is 54.5 Å². The van der Waals surface area contributed by atoms with Crippen LogP contribution in [0.1, 0.15) is 28.4 Å². The summed E-state index contributed by atoms with van der Waals surface area (Å²) < 4.78 is 2.05. The van der Waals surface area contributed by atoms with Crippen LogP contribution >= 0.6 is 0 Å². The van der Waals surface area contributed by atoms with E-state index in [9.17, 15) is 5.26 Å². The monoisotopic (exact) mass is 392 g/mol. The third kappa shape index (κ3) is 4.11. The number of rotatable bonds is 6. The Labute approximate surface area is 177 Å². The van der Waals surface area contributed by atoms with Crippen LogP contribution < -0.4 is 5.32 Å². The number of hydrogen-bond acceptors (Lipinski definition) is 3. The molecule has 0 radical (unpaired) electrons. The summed E-state index contributed by atoms with van der Waals surface area (Å²) in [6, 6.07) is 27.0. The van der Waals surface area contributed by atoms with Crippen LogP contribution in [0.5, 0.6) is 0 Å². The van der Waals surface area contributed by atoms with Crippen molar-refractivity contribution in [2.75, 3.05) is 5.32 Å². The summed E-state index contributed by atoms with van der Waals surface area (Å²) in [5, 5.41) is 13.3. The van der Waals surface area contributed by atoms with Crippen molar-refractivity contribution in [1.29, 1.82) is 5.26 Å². The molecule has 0 saturated carbocycles. The molecule has 0 aliphatic rings. The molecule has 0 spiro atoms. The van der Waals surface area contributed by atoms with Gasteiger partial charge in [-0.3, -0.25) is 0 Å². The number of nitrogens with one attached hydrogen (secondary N) is 1. The fraction of sp³-hybridized carbons (Fsp3) is 0.154. The van der Waals surface area contributed by atoms with Gasteiger partial charge >= 0.3 is 0 Å². The van der Waals surface area contributed by atoms with Gasteiger partial charge in [0.1, 0.15) is 0 Å². The van der Waals surface area contributed by atoms with E-state index in [4.69, 9.17) is 0 Å². The molecule has 0 aliphatic heterocycles. The molecule has 1 atom stereocenters. The standard InChI is InChI=1S/C26H24N4/c1-19-8-6-7-11-23(19)24-15-22(13-12-21(24)16-27)29-25(26-17-28-18-30(26)2)14-20-9-4-3-5-10-20/h3-13,15,17-18,25,29H,14H2,1-2H3. The summed E-state index contributed by atoms with van der Waals surface area (Å²) in [6.07, 6.45) is 4.57. The van der Waals surface area contributed by atoms with E-state index >= 15 is 0 Å². The second kappa shape index (κ2) is 8.67. The van der Waals surface area contributed by atoms with Crippen LogP contribution in [0.25, 0.3) is 11.1 Å². The average molecular weight is 393 g/mol. The van der Waals surface area contributed by atoms with Crippen LogP contribution in [-0.2, 0) is 13.5 Å². The number of hydrogen-bond donors (Lipinski definition) is 1. The number of imidazole rings is 1. The topological polar surface area (TPSA) is 53.6 Å². The van der Waals surface area contributed by atoms with Gasteiger partial charge in [0.25, 0.3) is 0 Å². The molecule has 148 valence electrons. The average Bonchev–Trinajstić information content (AvgIpc) is 3.20. The molecule has 0 fully saturated rings. The summed E-state index contributed by atoms with van der Waals surface area (Å²) in [7, 11) is 2.01. The van der Waals surface area contributed by atoms with Gasteiger partial charge in [0.05, 0.1) is 35.9 Å². The molecule has 30 heavy (non-hydrogen) atoms. The normalized spacial score (nSPS) is 11.6. The zero-order valence-electron chi connectivity index (χ0n) is 17.2. The van der Waals surface area contributed by atoms with Crippen molar-refractivity contribution in [3.63, 3.8) is 0 Å². The fourth-order valence-corrected chi connectivity index (χ4v) is 3.81. The van der Waals surface area contributed by atoms with Gasteiger partial charge < -0.3 is 9.88 Å². The lowest BCUT2D eigenvalue weighted by molar-refractivity contribution is 0.695. The second-order valence-electron chi connectivity index (χ2n) is 7.50. The van der Waals surface area contributed by atoms with Crippen molar-refractivity contribution in [2.45, 2.75) is 19.4 Å². The minimum absolute atomic E-state index is 0.0533. The summed E-state index contributed by atoms with van der Waals surface area (Å²) in [5.74, 6) is 0. The van der Waals surface area contributed by atoms with Crippen molar-refractivity contribution in [3.8, 4) is 17.2 Å². The van der Waals surface area contributed by atoms with Gasteiger partial charge in [0.15, 0.2) is 0 Å². The predicted octanol–water partition coefficient (Wildman–Crippen LogP) is 5.66. The van der Waals surface area contributed by atoms with E-state index in [1.165, 1.54) is 5.56 Å². The SMILES string of the molecule is Cc1ccccc1-c1cc(NC(Cc2ccccc2)c2cncn2C)ccc1C#N. The van der Waals surface area contributed by atoms with Gasteiger partial charge in [-0.15, -0.1) is 0 Å². The lowest BCUT2D eigenvalue weighted by atomic mass is 9.95. The molecule has 1 N–H and O–H groups in total. The molecule has 3 aromatic carbocycles. The molecule has 1 heterocycles. The Morgan fingerprint density at radius 3 is 2.47 bits per heavy atom. The van der Waals surface area contributed by atoms with Gasteiger partial charge in [0.2, 0.25) is 0 Å².